The molecule has 0 atom stereocenters. The smallest absolute Gasteiger partial charge is 0.268 e. The fourth-order valence-corrected chi connectivity index (χ4v) is 1.69. The van der Waals surface area contributed by atoms with Gasteiger partial charge in [-0.15, -0.1) is 0 Å². The van der Waals surface area contributed by atoms with Crippen LogP contribution in [-0.2, 0) is 11.3 Å². The maximum atomic E-state index is 11.5. The topological polar surface area (TPSA) is 64.0 Å². The Morgan fingerprint density at radius 3 is 3.00 bits per heavy atom. The number of halogens is 1. The van der Waals surface area contributed by atoms with E-state index >= 15 is 0 Å². The number of nitrogens with one attached hydrogen (secondary N) is 1. The van der Waals surface area contributed by atoms with E-state index in [1.54, 1.807) is 6.20 Å². The van der Waals surface area contributed by atoms with Crippen molar-refractivity contribution in [1.82, 2.24) is 15.1 Å². The first-order chi connectivity index (χ1) is 7.65. The van der Waals surface area contributed by atoms with Gasteiger partial charge in [-0.05, 0) is 41.4 Å². The molecule has 2 rings (SSSR count). The van der Waals surface area contributed by atoms with Gasteiger partial charge in [-0.1, -0.05) is 0 Å². The molecule has 1 amide bonds. The van der Waals surface area contributed by atoms with Crippen molar-refractivity contribution in [3.63, 3.8) is 0 Å². The summed E-state index contributed by atoms with van der Waals surface area (Å²) in [4.78, 5) is 22.9. The molecule has 5 nitrogen and oxygen atoms in total. The molecule has 0 saturated heterocycles. The Morgan fingerprint density at radius 2 is 2.38 bits per heavy atom. The summed E-state index contributed by atoms with van der Waals surface area (Å²) >= 11 is 2.01. The molecule has 0 aliphatic heterocycles. The second-order valence-electron chi connectivity index (χ2n) is 3.92. The van der Waals surface area contributed by atoms with Crippen molar-refractivity contribution in [2.24, 2.45) is 5.92 Å². The Balaban J connectivity index is 1.91. The summed E-state index contributed by atoms with van der Waals surface area (Å²) in [7, 11) is 0. The van der Waals surface area contributed by atoms with Gasteiger partial charge in [0.25, 0.3) is 5.56 Å². The van der Waals surface area contributed by atoms with Gasteiger partial charge >= 0.3 is 0 Å². The lowest BCUT2D eigenvalue weighted by molar-refractivity contribution is -0.121. The third kappa shape index (κ3) is 3.29. The van der Waals surface area contributed by atoms with E-state index in [4.69, 9.17) is 0 Å². The van der Waals surface area contributed by atoms with Gasteiger partial charge in [-0.2, -0.15) is 5.10 Å². The van der Waals surface area contributed by atoms with E-state index in [1.165, 1.54) is 23.6 Å². The highest BCUT2D eigenvalue weighted by atomic mass is 127. The lowest BCUT2D eigenvalue weighted by atomic mass is 10.4. The zero-order valence-electron chi connectivity index (χ0n) is 8.65. The van der Waals surface area contributed by atoms with Crippen LogP contribution >= 0.6 is 22.6 Å². The van der Waals surface area contributed by atoms with Gasteiger partial charge in [0, 0.05) is 16.2 Å². The molecular weight excluding hydrogens is 321 g/mol. The van der Waals surface area contributed by atoms with Crippen molar-refractivity contribution in [3.8, 4) is 0 Å². The molecule has 1 aromatic heterocycles. The summed E-state index contributed by atoms with van der Waals surface area (Å²) in [5.41, 5.74) is -0.242. The molecule has 1 aliphatic carbocycles. The minimum absolute atomic E-state index is 0.00245. The number of hydrogen-bond donors (Lipinski definition) is 1. The molecule has 0 spiro atoms. The third-order valence-corrected chi connectivity index (χ3v) is 3.00. The highest BCUT2D eigenvalue weighted by molar-refractivity contribution is 14.1. The van der Waals surface area contributed by atoms with E-state index < -0.39 is 0 Å². The monoisotopic (exact) mass is 333 g/mol. The molecule has 1 fully saturated rings. The Hall–Kier alpha value is -0.920. The molecule has 0 bridgehead atoms. The highest BCUT2D eigenvalue weighted by Crippen LogP contribution is 2.27. The predicted molar refractivity (Wildman–Crippen MR) is 66.9 cm³/mol. The summed E-state index contributed by atoms with van der Waals surface area (Å²) in [6.07, 6.45) is 3.96. The molecule has 0 aromatic carbocycles. The Labute approximate surface area is 106 Å². The molecular formula is C10H12IN3O2. The quantitative estimate of drug-likeness (QED) is 0.810. The van der Waals surface area contributed by atoms with Crippen LogP contribution in [0.25, 0.3) is 0 Å². The van der Waals surface area contributed by atoms with Crippen molar-refractivity contribution >= 4 is 28.5 Å². The van der Waals surface area contributed by atoms with Crippen LogP contribution in [0.4, 0.5) is 0 Å². The second-order valence-corrected chi connectivity index (χ2v) is 5.16. The standard InChI is InChI=1S/C10H12IN3O2/c11-8-3-10(16)14(13-5-8)6-9(15)12-4-7-1-2-7/h3,5,7H,1-2,4,6H2,(H,12,15). The average Bonchev–Trinajstić information content (AvgIpc) is 3.03. The predicted octanol–water partition coefficient (Wildman–Crippen LogP) is 0.374. The van der Waals surface area contributed by atoms with E-state index in [2.05, 4.69) is 10.4 Å². The molecule has 1 saturated carbocycles. The number of rotatable bonds is 4. The fourth-order valence-electron chi connectivity index (χ4n) is 1.30. The molecule has 1 N–H and O–H groups in total. The van der Waals surface area contributed by atoms with Crippen LogP contribution in [0.1, 0.15) is 12.8 Å². The van der Waals surface area contributed by atoms with Crippen LogP contribution < -0.4 is 10.9 Å². The number of amides is 1. The summed E-state index contributed by atoms with van der Waals surface area (Å²) in [6.45, 7) is 0.723. The van der Waals surface area contributed by atoms with Crippen molar-refractivity contribution in [3.05, 3.63) is 26.2 Å². The lowest BCUT2D eigenvalue weighted by Gasteiger charge is -2.05. The molecule has 0 unspecified atom stereocenters. The van der Waals surface area contributed by atoms with Crippen LogP contribution in [-0.4, -0.2) is 22.2 Å². The van der Waals surface area contributed by atoms with E-state index in [9.17, 15) is 9.59 Å². The maximum absolute atomic E-state index is 11.5. The summed E-state index contributed by atoms with van der Waals surface area (Å²) in [5.74, 6) is 0.494. The number of carbonyl (C=O) groups excluding carboxylic acids is 1. The van der Waals surface area contributed by atoms with Gasteiger partial charge in [0.1, 0.15) is 6.54 Å². The SMILES string of the molecule is O=C(Cn1ncc(I)cc1=O)NCC1CC1. The van der Waals surface area contributed by atoms with Crippen LogP contribution in [0.2, 0.25) is 0 Å². The van der Waals surface area contributed by atoms with Crippen molar-refractivity contribution in [2.75, 3.05) is 6.54 Å². The Morgan fingerprint density at radius 1 is 1.62 bits per heavy atom. The summed E-state index contributed by atoms with van der Waals surface area (Å²) in [5, 5.41) is 6.69. The zero-order chi connectivity index (χ0) is 11.5. The van der Waals surface area contributed by atoms with Gasteiger partial charge < -0.3 is 5.32 Å². The molecule has 1 aromatic rings. The number of aromatic nitrogens is 2. The largest absolute Gasteiger partial charge is 0.354 e. The molecule has 16 heavy (non-hydrogen) atoms. The van der Waals surface area contributed by atoms with Crippen molar-refractivity contribution in [1.29, 1.82) is 0 Å². The van der Waals surface area contributed by atoms with E-state index in [0.717, 1.165) is 10.1 Å². The summed E-state index contributed by atoms with van der Waals surface area (Å²) < 4.78 is 1.95. The summed E-state index contributed by atoms with van der Waals surface area (Å²) in [6, 6.07) is 1.46. The normalized spacial score (nSPS) is 14.8. The number of hydrogen-bond acceptors (Lipinski definition) is 3. The van der Waals surface area contributed by atoms with Crippen molar-refractivity contribution < 1.29 is 4.79 Å². The molecule has 6 heteroatoms. The van der Waals surface area contributed by atoms with Crippen LogP contribution in [0.3, 0.4) is 0 Å². The zero-order valence-corrected chi connectivity index (χ0v) is 10.8. The van der Waals surface area contributed by atoms with E-state index in [1.807, 2.05) is 22.6 Å². The van der Waals surface area contributed by atoms with E-state index in [0.29, 0.717) is 5.92 Å². The highest BCUT2D eigenvalue weighted by Gasteiger charge is 2.21. The minimum Gasteiger partial charge on any atom is -0.354 e. The lowest BCUT2D eigenvalue weighted by Crippen LogP contribution is -2.34. The molecule has 1 heterocycles. The number of nitrogens with zero attached hydrogens (tertiary/aromatic N) is 2. The minimum atomic E-state index is -0.242. The van der Waals surface area contributed by atoms with Gasteiger partial charge in [-0.3, -0.25) is 9.59 Å². The van der Waals surface area contributed by atoms with Crippen molar-refractivity contribution in [2.45, 2.75) is 19.4 Å². The Bertz CT molecular complexity index is 454. The first kappa shape index (κ1) is 11.6. The third-order valence-electron chi connectivity index (χ3n) is 2.41. The van der Waals surface area contributed by atoms with Crippen LogP contribution in [0.15, 0.2) is 17.1 Å². The molecule has 0 radical (unpaired) electrons. The van der Waals surface area contributed by atoms with Gasteiger partial charge in [0.2, 0.25) is 5.91 Å². The molecule has 86 valence electrons. The van der Waals surface area contributed by atoms with Gasteiger partial charge in [0.05, 0.1) is 6.20 Å². The van der Waals surface area contributed by atoms with E-state index in [-0.39, 0.29) is 18.0 Å². The van der Waals surface area contributed by atoms with Gasteiger partial charge in [-0.25, -0.2) is 4.68 Å². The molecule has 1 aliphatic rings. The fraction of sp³-hybridized carbons (Fsp3) is 0.500. The average molecular weight is 333 g/mol. The number of carbonyl (C=O) groups is 1. The van der Waals surface area contributed by atoms with Crippen LogP contribution in [0, 0.1) is 9.49 Å². The first-order valence-corrected chi connectivity index (χ1v) is 6.22. The van der Waals surface area contributed by atoms with Crippen LogP contribution in [0.5, 0.6) is 0 Å². The Kier molecular flexibility index (Phi) is 3.57. The van der Waals surface area contributed by atoms with Gasteiger partial charge in [0.15, 0.2) is 0 Å². The maximum Gasteiger partial charge on any atom is 0.268 e. The second kappa shape index (κ2) is 4.94. The first-order valence-electron chi connectivity index (χ1n) is 5.14.